The molecule has 0 radical (unpaired) electrons. The van der Waals surface area contributed by atoms with Crippen LogP contribution in [0, 0.1) is 6.92 Å². The number of benzene rings is 1. The molecule has 0 unspecified atom stereocenters. The third-order valence-electron chi connectivity index (χ3n) is 3.48. The second kappa shape index (κ2) is 4.59. The molecule has 0 amide bonds. The predicted molar refractivity (Wildman–Crippen MR) is 73.6 cm³/mol. The summed E-state index contributed by atoms with van der Waals surface area (Å²) >= 11 is 0. The summed E-state index contributed by atoms with van der Waals surface area (Å²) in [6.45, 7) is 6.28. The van der Waals surface area contributed by atoms with Crippen LogP contribution in [0.4, 0.5) is 5.69 Å². The quantitative estimate of drug-likeness (QED) is 0.658. The van der Waals surface area contributed by atoms with E-state index in [0.717, 1.165) is 30.5 Å². The molecule has 5 nitrogen and oxygen atoms in total. The van der Waals surface area contributed by atoms with Crippen LogP contribution in [0.25, 0.3) is 11.0 Å². The highest BCUT2D eigenvalue weighted by Crippen LogP contribution is 2.27. The molecular weight excluding hydrogens is 226 g/mol. The van der Waals surface area contributed by atoms with Gasteiger partial charge in [-0.05, 0) is 25.0 Å². The zero-order valence-corrected chi connectivity index (χ0v) is 10.8. The van der Waals surface area contributed by atoms with Crippen molar-refractivity contribution in [2.75, 3.05) is 18.4 Å². The van der Waals surface area contributed by atoms with Gasteiger partial charge in [0, 0.05) is 24.3 Å². The van der Waals surface area contributed by atoms with Crippen LogP contribution in [0.15, 0.2) is 12.4 Å². The van der Waals surface area contributed by atoms with Crippen LogP contribution < -0.4 is 16.0 Å². The Kier molecular flexibility index (Phi) is 2.93. The molecule has 2 aromatic rings. The third kappa shape index (κ3) is 1.85. The van der Waals surface area contributed by atoms with Crippen molar-refractivity contribution in [2.45, 2.75) is 26.6 Å². The fourth-order valence-corrected chi connectivity index (χ4v) is 2.59. The Balaban J connectivity index is 2.03. The molecule has 0 spiro atoms. The molecule has 0 atom stereocenters. The fourth-order valence-electron chi connectivity index (χ4n) is 2.59. The largest absolute Gasteiger partial charge is 0.357 e. The van der Waals surface area contributed by atoms with E-state index in [0.29, 0.717) is 0 Å². The van der Waals surface area contributed by atoms with Gasteiger partial charge in [-0.2, -0.15) is 0 Å². The topological polar surface area (TPSA) is 64.8 Å². The molecule has 1 aliphatic rings. The Morgan fingerprint density at radius 1 is 1.39 bits per heavy atom. The van der Waals surface area contributed by atoms with Crippen molar-refractivity contribution < 1.29 is 0 Å². The van der Waals surface area contributed by atoms with Crippen molar-refractivity contribution >= 4 is 16.7 Å². The molecule has 1 fully saturated rings. The number of imidazole rings is 1. The number of aryl methyl sites for hydroxylation is 2. The molecule has 0 bridgehead atoms. The van der Waals surface area contributed by atoms with Gasteiger partial charge in [0.15, 0.2) is 0 Å². The maximum absolute atomic E-state index is 4.39. The van der Waals surface area contributed by atoms with Gasteiger partial charge < -0.3 is 10.3 Å². The van der Waals surface area contributed by atoms with E-state index in [2.05, 4.69) is 45.8 Å². The Morgan fingerprint density at radius 3 is 2.89 bits per heavy atom. The van der Waals surface area contributed by atoms with E-state index >= 15 is 0 Å². The molecular formula is C13H19N5. The Hall–Kier alpha value is -1.59. The van der Waals surface area contributed by atoms with Crippen molar-refractivity contribution in [2.24, 2.45) is 0 Å². The lowest BCUT2D eigenvalue weighted by Gasteiger charge is -2.18. The number of H-pyrrole nitrogens is 1. The summed E-state index contributed by atoms with van der Waals surface area (Å²) in [5.41, 5.74) is 5.90. The van der Waals surface area contributed by atoms with Crippen molar-refractivity contribution in [3.8, 4) is 0 Å². The molecule has 2 heterocycles. The maximum atomic E-state index is 4.39. The number of hydrogen-bond acceptors (Lipinski definition) is 4. The first-order valence-electron chi connectivity index (χ1n) is 6.48. The molecule has 0 saturated carbocycles. The van der Waals surface area contributed by atoms with Gasteiger partial charge in [0.05, 0.1) is 17.4 Å². The van der Waals surface area contributed by atoms with E-state index in [1.54, 1.807) is 6.33 Å². The van der Waals surface area contributed by atoms with E-state index in [-0.39, 0.29) is 6.29 Å². The molecule has 4 N–H and O–H groups in total. The predicted octanol–water partition coefficient (Wildman–Crippen LogP) is 1.32. The van der Waals surface area contributed by atoms with Crippen LogP contribution >= 0.6 is 0 Å². The first kappa shape index (κ1) is 11.5. The number of nitrogens with zero attached hydrogens (tertiary/aromatic N) is 1. The first-order chi connectivity index (χ1) is 8.79. The molecule has 18 heavy (non-hydrogen) atoms. The normalized spacial score (nSPS) is 16.6. The lowest BCUT2D eigenvalue weighted by atomic mass is 10.0. The summed E-state index contributed by atoms with van der Waals surface area (Å²) in [4.78, 5) is 7.64. The van der Waals surface area contributed by atoms with Crippen LogP contribution in [-0.2, 0) is 6.42 Å². The smallest absolute Gasteiger partial charge is 0.132 e. The Bertz CT molecular complexity index is 554. The minimum atomic E-state index is 0.162. The zero-order valence-electron chi connectivity index (χ0n) is 10.8. The summed E-state index contributed by atoms with van der Waals surface area (Å²) in [7, 11) is 0. The van der Waals surface area contributed by atoms with Gasteiger partial charge in [-0.15, -0.1) is 0 Å². The van der Waals surface area contributed by atoms with Crippen molar-refractivity contribution in [3.05, 3.63) is 23.5 Å². The SMILES string of the molecule is CCc1c(NC2NCCN2)cc(C)c2nc[nH]c12. The third-order valence-corrected chi connectivity index (χ3v) is 3.48. The molecule has 1 aromatic carbocycles. The van der Waals surface area contributed by atoms with Gasteiger partial charge >= 0.3 is 0 Å². The average Bonchev–Trinajstić information content (AvgIpc) is 3.00. The van der Waals surface area contributed by atoms with Crippen LogP contribution in [-0.4, -0.2) is 29.3 Å². The van der Waals surface area contributed by atoms with Crippen LogP contribution in [0.3, 0.4) is 0 Å². The fraction of sp³-hybridized carbons (Fsp3) is 0.462. The van der Waals surface area contributed by atoms with Crippen molar-refractivity contribution in [1.82, 2.24) is 20.6 Å². The summed E-state index contributed by atoms with van der Waals surface area (Å²) in [6.07, 6.45) is 2.91. The first-order valence-corrected chi connectivity index (χ1v) is 6.48. The number of nitrogens with one attached hydrogen (secondary N) is 4. The van der Waals surface area contributed by atoms with E-state index < -0.39 is 0 Å². The highest BCUT2D eigenvalue weighted by atomic mass is 15.3. The van der Waals surface area contributed by atoms with Gasteiger partial charge in [0.2, 0.25) is 0 Å². The molecule has 1 saturated heterocycles. The number of fused-ring (bicyclic) bond motifs is 1. The lowest BCUT2D eigenvalue weighted by molar-refractivity contribution is 0.620. The number of aromatic amines is 1. The molecule has 1 aliphatic heterocycles. The summed E-state index contributed by atoms with van der Waals surface area (Å²) in [5.74, 6) is 0. The van der Waals surface area contributed by atoms with Gasteiger partial charge in [-0.25, -0.2) is 4.98 Å². The molecule has 96 valence electrons. The van der Waals surface area contributed by atoms with Crippen LogP contribution in [0.1, 0.15) is 18.1 Å². The maximum Gasteiger partial charge on any atom is 0.132 e. The van der Waals surface area contributed by atoms with Gasteiger partial charge in [-0.1, -0.05) is 6.92 Å². The standard InChI is InChI=1S/C13H19N5/c1-3-9-10(18-13-14-4-5-15-13)6-8(2)11-12(9)17-7-16-11/h6-7,13-15,18H,3-5H2,1-2H3,(H,16,17). The molecule has 1 aromatic heterocycles. The lowest BCUT2D eigenvalue weighted by Crippen LogP contribution is -2.39. The zero-order chi connectivity index (χ0) is 12.5. The second-order valence-corrected chi connectivity index (χ2v) is 4.68. The summed E-state index contributed by atoms with van der Waals surface area (Å²) in [5, 5.41) is 10.3. The van der Waals surface area contributed by atoms with E-state index in [1.807, 2.05) is 0 Å². The van der Waals surface area contributed by atoms with E-state index in [9.17, 15) is 0 Å². The van der Waals surface area contributed by atoms with Crippen molar-refractivity contribution in [3.63, 3.8) is 0 Å². The van der Waals surface area contributed by atoms with Gasteiger partial charge in [-0.3, -0.25) is 10.6 Å². The number of rotatable bonds is 3. The highest BCUT2D eigenvalue weighted by molar-refractivity contribution is 5.87. The second-order valence-electron chi connectivity index (χ2n) is 4.68. The minimum Gasteiger partial charge on any atom is -0.357 e. The van der Waals surface area contributed by atoms with Gasteiger partial charge in [0.1, 0.15) is 6.29 Å². The van der Waals surface area contributed by atoms with E-state index in [1.165, 1.54) is 16.8 Å². The van der Waals surface area contributed by atoms with Crippen LogP contribution in [0.2, 0.25) is 0 Å². The average molecular weight is 245 g/mol. The number of aromatic nitrogens is 2. The van der Waals surface area contributed by atoms with Crippen LogP contribution in [0.5, 0.6) is 0 Å². The summed E-state index contributed by atoms with van der Waals surface area (Å²) in [6, 6.07) is 2.18. The van der Waals surface area contributed by atoms with E-state index in [4.69, 9.17) is 0 Å². The van der Waals surface area contributed by atoms with Gasteiger partial charge in [0.25, 0.3) is 0 Å². The summed E-state index contributed by atoms with van der Waals surface area (Å²) < 4.78 is 0. The molecule has 0 aliphatic carbocycles. The highest BCUT2D eigenvalue weighted by Gasteiger charge is 2.16. The molecule has 3 rings (SSSR count). The minimum absolute atomic E-state index is 0.162. The Morgan fingerprint density at radius 2 is 2.17 bits per heavy atom. The molecule has 5 heteroatoms. The Labute approximate surface area is 106 Å². The monoisotopic (exact) mass is 245 g/mol. The van der Waals surface area contributed by atoms with Crippen molar-refractivity contribution in [1.29, 1.82) is 0 Å². The number of anilines is 1. The number of hydrogen-bond donors (Lipinski definition) is 4.